The summed E-state index contributed by atoms with van der Waals surface area (Å²) in [5.41, 5.74) is 1.24. The lowest BCUT2D eigenvalue weighted by atomic mass is 10.00. The number of halogens is 1. The zero-order valence-electron chi connectivity index (χ0n) is 15.1. The van der Waals surface area contributed by atoms with Gasteiger partial charge in [-0.2, -0.15) is 0 Å². The Bertz CT molecular complexity index is 476. The maximum atomic E-state index is 11.8. The summed E-state index contributed by atoms with van der Waals surface area (Å²) >= 11 is 0. The zero-order valence-corrected chi connectivity index (χ0v) is 15.9. The van der Waals surface area contributed by atoms with Crippen molar-refractivity contribution in [3.63, 3.8) is 0 Å². The monoisotopic (exact) mass is 370 g/mol. The van der Waals surface area contributed by atoms with Crippen molar-refractivity contribution in [1.29, 1.82) is 0 Å². The van der Waals surface area contributed by atoms with Crippen LogP contribution < -0.4 is 15.4 Å². The second-order valence-electron chi connectivity index (χ2n) is 6.36. The van der Waals surface area contributed by atoms with Crippen LogP contribution in [0.5, 0.6) is 5.75 Å². The van der Waals surface area contributed by atoms with Gasteiger partial charge in [-0.05, 0) is 62.4 Å². The number of rotatable bonds is 10. The van der Waals surface area contributed by atoms with Gasteiger partial charge in [0, 0.05) is 20.1 Å². The lowest BCUT2D eigenvalue weighted by Crippen LogP contribution is -2.38. The molecular weight excluding hydrogens is 340 g/mol. The highest BCUT2D eigenvalue weighted by molar-refractivity contribution is 5.85. The molecule has 1 unspecified atom stereocenters. The molecule has 1 fully saturated rings. The van der Waals surface area contributed by atoms with Crippen molar-refractivity contribution in [2.75, 3.05) is 40.0 Å². The van der Waals surface area contributed by atoms with Gasteiger partial charge in [-0.1, -0.05) is 12.1 Å². The summed E-state index contributed by atoms with van der Waals surface area (Å²) in [6.07, 6.45) is 4.58. The number of ether oxygens (including phenoxy) is 2. The third-order valence-electron chi connectivity index (χ3n) is 4.32. The van der Waals surface area contributed by atoms with E-state index in [0.29, 0.717) is 18.9 Å². The molecule has 5 nitrogen and oxygen atoms in total. The third-order valence-corrected chi connectivity index (χ3v) is 4.32. The van der Waals surface area contributed by atoms with Crippen molar-refractivity contribution < 1.29 is 14.3 Å². The highest BCUT2D eigenvalue weighted by Crippen LogP contribution is 2.13. The molecule has 1 saturated heterocycles. The topological polar surface area (TPSA) is 59.6 Å². The average molecular weight is 371 g/mol. The molecule has 0 radical (unpaired) electrons. The highest BCUT2D eigenvalue weighted by Gasteiger charge is 2.13. The van der Waals surface area contributed by atoms with Crippen molar-refractivity contribution in [3.05, 3.63) is 29.8 Å². The van der Waals surface area contributed by atoms with E-state index in [0.717, 1.165) is 44.8 Å². The van der Waals surface area contributed by atoms with E-state index in [1.807, 2.05) is 12.1 Å². The summed E-state index contributed by atoms with van der Waals surface area (Å²) in [6, 6.07) is 8.06. The molecule has 0 aliphatic carbocycles. The molecule has 1 aliphatic heterocycles. The normalized spacial score (nSPS) is 16.8. The second-order valence-corrected chi connectivity index (χ2v) is 6.36. The van der Waals surface area contributed by atoms with E-state index in [1.54, 1.807) is 7.11 Å². The molecule has 1 aromatic rings. The first kappa shape index (κ1) is 21.7. The fourth-order valence-corrected chi connectivity index (χ4v) is 2.84. The molecule has 1 atom stereocenters. The van der Waals surface area contributed by atoms with Gasteiger partial charge >= 0.3 is 0 Å². The van der Waals surface area contributed by atoms with Gasteiger partial charge in [0.15, 0.2) is 0 Å². The van der Waals surface area contributed by atoms with Gasteiger partial charge in [-0.3, -0.25) is 4.79 Å². The van der Waals surface area contributed by atoms with E-state index in [9.17, 15) is 4.79 Å². The Morgan fingerprint density at radius 1 is 1.28 bits per heavy atom. The maximum Gasteiger partial charge on any atom is 0.220 e. The van der Waals surface area contributed by atoms with Crippen LogP contribution in [0.25, 0.3) is 0 Å². The van der Waals surface area contributed by atoms with Gasteiger partial charge in [-0.25, -0.2) is 0 Å². The molecule has 0 spiro atoms. The molecule has 1 heterocycles. The third kappa shape index (κ3) is 9.10. The molecule has 0 saturated carbocycles. The molecule has 1 aromatic carbocycles. The fraction of sp³-hybridized carbons (Fsp3) is 0.632. The summed E-state index contributed by atoms with van der Waals surface area (Å²) in [5, 5.41) is 6.40. The van der Waals surface area contributed by atoms with Gasteiger partial charge in [0.25, 0.3) is 0 Å². The van der Waals surface area contributed by atoms with Crippen molar-refractivity contribution in [1.82, 2.24) is 10.6 Å². The zero-order chi connectivity index (χ0) is 17.0. The largest absolute Gasteiger partial charge is 0.494 e. The van der Waals surface area contributed by atoms with Crippen molar-refractivity contribution in [3.8, 4) is 5.75 Å². The molecular formula is C19H31ClN2O3. The van der Waals surface area contributed by atoms with Crippen LogP contribution in [-0.2, 0) is 16.0 Å². The van der Waals surface area contributed by atoms with Crippen molar-refractivity contribution >= 4 is 18.3 Å². The minimum atomic E-state index is 0. The molecule has 1 amide bonds. The number of carbonyl (C=O) groups excluding carboxylic acids is 1. The number of hydrogen-bond donors (Lipinski definition) is 2. The number of methoxy groups -OCH3 is 1. The van der Waals surface area contributed by atoms with E-state index < -0.39 is 0 Å². The average Bonchev–Trinajstić information content (AvgIpc) is 2.63. The molecule has 6 heteroatoms. The molecule has 0 aromatic heterocycles. The first-order valence-electron chi connectivity index (χ1n) is 8.96. The predicted molar refractivity (Wildman–Crippen MR) is 103 cm³/mol. The lowest BCUT2D eigenvalue weighted by molar-refractivity contribution is -0.121. The number of benzene rings is 1. The van der Waals surface area contributed by atoms with Crippen molar-refractivity contribution in [2.45, 2.75) is 32.1 Å². The number of carbonyl (C=O) groups is 1. The maximum absolute atomic E-state index is 11.8. The van der Waals surface area contributed by atoms with Crippen LogP contribution in [0.2, 0.25) is 0 Å². The van der Waals surface area contributed by atoms with Crippen molar-refractivity contribution in [2.24, 2.45) is 5.92 Å². The summed E-state index contributed by atoms with van der Waals surface area (Å²) < 4.78 is 10.8. The summed E-state index contributed by atoms with van der Waals surface area (Å²) in [5.74, 6) is 1.56. The molecule has 2 rings (SSSR count). The number of hydrogen-bond acceptors (Lipinski definition) is 4. The van der Waals surface area contributed by atoms with Crippen LogP contribution in [0.1, 0.15) is 31.2 Å². The Hall–Kier alpha value is -1.30. The Morgan fingerprint density at radius 3 is 2.76 bits per heavy atom. The summed E-state index contributed by atoms with van der Waals surface area (Å²) in [6.45, 7) is 4.20. The Morgan fingerprint density at radius 2 is 2.08 bits per heavy atom. The highest BCUT2D eigenvalue weighted by atomic mass is 35.5. The molecule has 2 N–H and O–H groups in total. The van der Waals surface area contributed by atoms with Crippen LogP contribution in [0, 0.1) is 5.92 Å². The number of amides is 1. The molecule has 25 heavy (non-hydrogen) atoms. The fourth-order valence-electron chi connectivity index (χ4n) is 2.84. The summed E-state index contributed by atoms with van der Waals surface area (Å²) in [4.78, 5) is 11.8. The number of piperidine rings is 1. The van der Waals surface area contributed by atoms with Crippen LogP contribution in [0.3, 0.4) is 0 Å². The first-order chi connectivity index (χ1) is 11.8. The minimum Gasteiger partial charge on any atom is -0.494 e. The van der Waals surface area contributed by atoms with E-state index in [-0.39, 0.29) is 18.3 Å². The van der Waals surface area contributed by atoms with Gasteiger partial charge in [0.05, 0.1) is 13.2 Å². The second kappa shape index (κ2) is 13.0. The van der Waals surface area contributed by atoms with Crippen LogP contribution in [0.4, 0.5) is 0 Å². The SMILES string of the molecule is COCCc1ccc(OCCCC(=O)NCC2CCCNC2)cc1.Cl. The Labute approximate surface area is 157 Å². The quantitative estimate of drug-likeness (QED) is 0.621. The van der Waals surface area contributed by atoms with E-state index in [2.05, 4.69) is 22.8 Å². The number of nitrogens with one attached hydrogen (secondary N) is 2. The first-order valence-corrected chi connectivity index (χ1v) is 8.96. The predicted octanol–water partition coefficient (Wildman–Crippen LogP) is 2.57. The van der Waals surface area contributed by atoms with Crippen LogP contribution in [0.15, 0.2) is 24.3 Å². The van der Waals surface area contributed by atoms with Gasteiger partial charge in [-0.15, -0.1) is 12.4 Å². The van der Waals surface area contributed by atoms with E-state index >= 15 is 0 Å². The molecule has 1 aliphatic rings. The Balaban J connectivity index is 0.00000312. The van der Waals surface area contributed by atoms with Crippen LogP contribution >= 0.6 is 12.4 Å². The van der Waals surface area contributed by atoms with Crippen LogP contribution in [-0.4, -0.2) is 45.9 Å². The summed E-state index contributed by atoms with van der Waals surface area (Å²) in [7, 11) is 1.71. The van der Waals surface area contributed by atoms with Gasteiger partial charge < -0.3 is 20.1 Å². The standard InChI is InChI=1S/C19H30N2O3.ClH/c1-23-13-10-16-6-8-18(9-7-16)24-12-3-5-19(22)21-15-17-4-2-11-20-14-17;/h6-9,17,20H,2-5,10-15H2,1H3,(H,21,22);1H. The smallest absolute Gasteiger partial charge is 0.220 e. The molecule has 142 valence electrons. The van der Waals surface area contributed by atoms with Gasteiger partial charge in [0.2, 0.25) is 5.91 Å². The van der Waals surface area contributed by atoms with E-state index in [1.165, 1.54) is 18.4 Å². The molecule has 0 bridgehead atoms. The van der Waals surface area contributed by atoms with Gasteiger partial charge in [0.1, 0.15) is 5.75 Å². The Kier molecular flexibility index (Phi) is 11.3. The minimum absolute atomic E-state index is 0. The lowest BCUT2D eigenvalue weighted by Gasteiger charge is -2.22. The van der Waals surface area contributed by atoms with E-state index in [4.69, 9.17) is 9.47 Å².